The van der Waals surface area contributed by atoms with Crippen LogP contribution in [0.2, 0.25) is 0 Å². The molecule has 0 unspecified atom stereocenters. The van der Waals surface area contributed by atoms with Gasteiger partial charge in [-0.05, 0) is 45.1 Å². The Hall–Kier alpha value is -2.28. The van der Waals surface area contributed by atoms with Crippen LogP contribution in [0, 0.1) is 0 Å². The molecular weight excluding hydrogens is 380 g/mol. The zero-order valence-corrected chi connectivity index (χ0v) is 18.2. The fourth-order valence-corrected chi connectivity index (χ4v) is 5.14. The molecular formula is C23H34N4O3. The molecule has 0 aromatic heterocycles. The Labute approximate surface area is 179 Å². The number of urea groups is 2. The van der Waals surface area contributed by atoms with Crippen molar-refractivity contribution < 1.29 is 14.3 Å². The summed E-state index contributed by atoms with van der Waals surface area (Å²) < 4.78 is 5.65. The summed E-state index contributed by atoms with van der Waals surface area (Å²) in [4.78, 5) is 32.0. The maximum Gasteiger partial charge on any atom is 0.321 e. The Kier molecular flexibility index (Phi) is 6.18. The zero-order chi connectivity index (χ0) is 21.1. The molecule has 4 amide bonds. The minimum Gasteiger partial charge on any atom is -0.381 e. The third-order valence-electron chi connectivity index (χ3n) is 6.64. The van der Waals surface area contributed by atoms with Crippen molar-refractivity contribution in [3.05, 3.63) is 35.9 Å². The fraction of sp³-hybridized carbons (Fsp3) is 0.652. The molecule has 3 saturated heterocycles. The molecule has 1 aromatic rings. The molecule has 30 heavy (non-hydrogen) atoms. The van der Waals surface area contributed by atoms with E-state index >= 15 is 0 Å². The molecule has 7 nitrogen and oxygen atoms in total. The summed E-state index contributed by atoms with van der Waals surface area (Å²) in [5, 5.41) is 2.98. The van der Waals surface area contributed by atoms with Crippen LogP contribution in [0.15, 0.2) is 30.3 Å². The molecule has 7 heteroatoms. The molecule has 3 aliphatic rings. The van der Waals surface area contributed by atoms with Crippen molar-refractivity contribution in [3.8, 4) is 0 Å². The highest BCUT2D eigenvalue weighted by atomic mass is 16.5. The van der Waals surface area contributed by atoms with Crippen molar-refractivity contribution in [1.29, 1.82) is 0 Å². The van der Waals surface area contributed by atoms with Gasteiger partial charge in [-0.3, -0.25) is 0 Å². The van der Waals surface area contributed by atoms with E-state index in [1.165, 1.54) is 0 Å². The molecule has 3 fully saturated rings. The van der Waals surface area contributed by atoms with Gasteiger partial charge in [0, 0.05) is 51.5 Å². The zero-order valence-electron chi connectivity index (χ0n) is 18.2. The van der Waals surface area contributed by atoms with Crippen LogP contribution in [0.5, 0.6) is 0 Å². The average molecular weight is 415 g/mol. The van der Waals surface area contributed by atoms with Crippen molar-refractivity contribution in [2.45, 2.75) is 63.7 Å². The minimum absolute atomic E-state index is 0.00248. The van der Waals surface area contributed by atoms with Gasteiger partial charge >= 0.3 is 12.1 Å². The molecule has 3 heterocycles. The van der Waals surface area contributed by atoms with Crippen LogP contribution in [0.4, 0.5) is 9.59 Å². The van der Waals surface area contributed by atoms with Crippen molar-refractivity contribution >= 4 is 12.1 Å². The topological polar surface area (TPSA) is 65.1 Å². The van der Waals surface area contributed by atoms with E-state index in [1.807, 2.05) is 41.8 Å². The van der Waals surface area contributed by atoms with Gasteiger partial charge in [0.25, 0.3) is 0 Å². The number of nitrogens with one attached hydrogen (secondary N) is 1. The number of piperidine rings is 1. The maximum atomic E-state index is 13.6. The second-order valence-electron chi connectivity index (χ2n) is 9.15. The smallest absolute Gasteiger partial charge is 0.321 e. The molecule has 0 radical (unpaired) electrons. The summed E-state index contributed by atoms with van der Waals surface area (Å²) in [6, 6.07) is 10.7. The molecule has 0 saturated carbocycles. The molecule has 1 N–H and O–H groups in total. The summed E-state index contributed by atoms with van der Waals surface area (Å²) in [7, 11) is 0. The van der Waals surface area contributed by atoms with Gasteiger partial charge in [0.15, 0.2) is 0 Å². The van der Waals surface area contributed by atoms with Crippen molar-refractivity contribution in [3.63, 3.8) is 0 Å². The first-order valence-corrected chi connectivity index (χ1v) is 11.2. The van der Waals surface area contributed by atoms with E-state index in [0.717, 1.165) is 37.8 Å². The highest BCUT2D eigenvalue weighted by Crippen LogP contribution is 2.39. The highest BCUT2D eigenvalue weighted by molar-refractivity contribution is 5.79. The van der Waals surface area contributed by atoms with E-state index in [2.05, 4.69) is 22.3 Å². The van der Waals surface area contributed by atoms with E-state index in [1.54, 1.807) is 0 Å². The predicted octanol–water partition coefficient (Wildman–Crippen LogP) is 3.06. The van der Waals surface area contributed by atoms with Gasteiger partial charge in [0.05, 0.1) is 5.54 Å². The van der Waals surface area contributed by atoms with Crippen LogP contribution in [0.1, 0.15) is 45.1 Å². The van der Waals surface area contributed by atoms with Gasteiger partial charge in [0.1, 0.15) is 0 Å². The average Bonchev–Trinajstić information content (AvgIpc) is 2.99. The van der Waals surface area contributed by atoms with Crippen LogP contribution < -0.4 is 5.32 Å². The number of nitrogens with zero attached hydrogens (tertiary/aromatic N) is 3. The molecule has 3 aliphatic heterocycles. The van der Waals surface area contributed by atoms with Gasteiger partial charge in [-0.15, -0.1) is 0 Å². The Bertz CT molecular complexity index is 740. The number of carbonyl (C=O) groups excluding carboxylic acids is 2. The first-order valence-electron chi connectivity index (χ1n) is 11.2. The van der Waals surface area contributed by atoms with E-state index in [9.17, 15) is 9.59 Å². The van der Waals surface area contributed by atoms with Crippen LogP contribution in [0.25, 0.3) is 0 Å². The van der Waals surface area contributed by atoms with Gasteiger partial charge in [-0.25, -0.2) is 9.59 Å². The van der Waals surface area contributed by atoms with Crippen LogP contribution in [0.3, 0.4) is 0 Å². The van der Waals surface area contributed by atoms with Gasteiger partial charge < -0.3 is 24.8 Å². The molecule has 0 aliphatic carbocycles. The number of carbonyl (C=O) groups is 2. The molecule has 0 atom stereocenters. The maximum absolute atomic E-state index is 13.6. The molecule has 0 bridgehead atoms. The van der Waals surface area contributed by atoms with Gasteiger partial charge in [0.2, 0.25) is 0 Å². The summed E-state index contributed by atoms with van der Waals surface area (Å²) in [6.45, 7) is 8.16. The van der Waals surface area contributed by atoms with Gasteiger partial charge in [-0.2, -0.15) is 0 Å². The molecule has 164 valence electrons. The number of amides is 4. The Morgan fingerprint density at radius 3 is 2.47 bits per heavy atom. The number of rotatable bonds is 4. The van der Waals surface area contributed by atoms with Crippen molar-refractivity contribution in [2.75, 3.05) is 32.8 Å². The lowest BCUT2D eigenvalue weighted by molar-refractivity contribution is -0.0144. The van der Waals surface area contributed by atoms with Gasteiger partial charge in [-0.1, -0.05) is 30.3 Å². The second kappa shape index (κ2) is 8.84. The standard InChI is InChI=1S/C23H34N4O3/c1-18(2)24-21(28)25-12-8-20(9-13-25)27-22(29)26(16-19-6-4-3-5-7-19)17-23(27)10-14-30-15-11-23/h3-7,18,20H,8-17H2,1-2H3,(H,24,28). The molecule has 1 spiro atoms. The third kappa shape index (κ3) is 4.26. The summed E-state index contributed by atoms with van der Waals surface area (Å²) in [6.07, 6.45) is 3.44. The van der Waals surface area contributed by atoms with Crippen molar-refractivity contribution in [1.82, 2.24) is 20.0 Å². The Morgan fingerprint density at radius 1 is 1.17 bits per heavy atom. The molecule has 4 rings (SSSR count). The number of likely N-dealkylation sites (tertiary alicyclic amines) is 1. The number of ether oxygens (including phenoxy) is 1. The molecule has 1 aromatic carbocycles. The third-order valence-corrected chi connectivity index (χ3v) is 6.64. The number of hydrogen-bond donors (Lipinski definition) is 1. The summed E-state index contributed by atoms with van der Waals surface area (Å²) in [5.74, 6) is 0. The number of hydrogen-bond acceptors (Lipinski definition) is 3. The van der Waals surface area contributed by atoms with Crippen LogP contribution in [-0.2, 0) is 11.3 Å². The Morgan fingerprint density at radius 2 is 1.83 bits per heavy atom. The predicted molar refractivity (Wildman–Crippen MR) is 115 cm³/mol. The quantitative estimate of drug-likeness (QED) is 0.824. The first-order chi connectivity index (χ1) is 14.5. The Balaban J connectivity index is 1.47. The minimum atomic E-state index is -0.142. The highest BCUT2D eigenvalue weighted by Gasteiger charge is 2.53. The first kappa shape index (κ1) is 21.0. The van der Waals surface area contributed by atoms with E-state index in [4.69, 9.17) is 4.74 Å². The second-order valence-corrected chi connectivity index (χ2v) is 9.15. The normalized spacial score (nSPS) is 22.2. The summed E-state index contributed by atoms with van der Waals surface area (Å²) in [5.41, 5.74) is 1.02. The van der Waals surface area contributed by atoms with Crippen molar-refractivity contribution in [2.24, 2.45) is 0 Å². The lowest BCUT2D eigenvalue weighted by atomic mass is 9.86. The van der Waals surface area contributed by atoms with Crippen LogP contribution >= 0.6 is 0 Å². The van der Waals surface area contributed by atoms with E-state index < -0.39 is 0 Å². The lowest BCUT2D eigenvalue weighted by Gasteiger charge is -2.46. The monoisotopic (exact) mass is 414 g/mol. The van der Waals surface area contributed by atoms with E-state index in [-0.39, 0.29) is 29.7 Å². The van der Waals surface area contributed by atoms with E-state index in [0.29, 0.717) is 32.8 Å². The summed E-state index contributed by atoms with van der Waals surface area (Å²) >= 11 is 0. The number of benzene rings is 1. The lowest BCUT2D eigenvalue weighted by Crippen LogP contribution is -2.58. The SMILES string of the molecule is CC(C)NC(=O)N1CCC(N2C(=O)N(Cc3ccccc3)CC23CCOCC3)CC1. The van der Waals surface area contributed by atoms with Crippen LogP contribution in [-0.4, -0.2) is 77.2 Å². The fourth-order valence-electron chi connectivity index (χ4n) is 5.14. The largest absolute Gasteiger partial charge is 0.381 e.